The predicted octanol–water partition coefficient (Wildman–Crippen LogP) is 4.19. The molecule has 8 nitrogen and oxygen atoms in total. The van der Waals surface area contributed by atoms with E-state index in [1.807, 2.05) is 18.2 Å². The number of unbranched alkanes of at least 4 members (excludes halogenated alkanes) is 1. The zero-order valence-corrected chi connectivity index (χ0v) is 18.7. The number of fused-ring (bicyclic) bond motifs is 1. The first-order valence-electron chi connectivity index (χ1n) is 10.2. The van der Waals surface area contributed by atoms with Crippen molar-refractivity contribution >= 4 is 33.3 Å². The van der Waals surface area contributed by atoms with Gasteiger partial charge in [-0.1, -0.05) is 18.2 Å². The number of phenolic OH excluding ortho intramolecular Hbond substituents is 2. The molecule has 0 atom stereocenters. The molecule has 0 spiro atoms. The SMILES string of the molecule is O=C(NCCCCNc1cc(-c2ccccc2O)nc2c(Br)cnn12)c1cccc(O)c1. The van der Waals surface area contributed by atoms with Crippen molar-refractivity contribution in [2.24, 2.45) is 0 Å². The smallest absolute Gasteiger partial charge is 0.251 e. The second-order valence-corrected chi connectivity index (χ2v) is 8.07. The topological polar surface area (TPSA) is 112 Å². The van der Waals surface area contributed by atoms with Gasteiger partial charge in [-0.15, -0.1) is 0 Å². The Kier molecular flexibility index (Phi) is 6.55. The van der Waals surface area contributed by atoms with E-state index in [4.69, 9.17) is 0 Å². The zero-order valence-electron chi connectivity index (χ0n) is 17.1. The maximum absolute atomic E-state index is 12.1. The quantitative estimate of drug-likeness (QED) is 0.272. The number of rotatable bonds is 8. The summed E-state index contributed by atoms with van der Waals surface area (Å²) in [4.78, 5) is 16.7. The first-order chi connectivity index (χ1) is 15.5. The molecule has 2 aromatic heterocycles. The van der Waals surface area contributed by atoms with Crippen molar-refractivity contribution in [3.05, 3.63) is 70.8 Å². The largest absolute Gasteiger partial charge is 0.508 e. The number of aromatic hydroxyl groups is 2. The van der Waals surface area contributed by atoms with Gasteiger partial charge in [0, 0.05) is 30.3 Å². The van der Waals surface area contributed by atoms with Crippen LogP contribution in [0.2, 0.25) is 0 Å². The number of halogens is 1. The molecule has 0 fully saturated rings. The molecule has 4 rings (SSSR count). The highest BCUT2D eigenvalue weighted by molar-refractivity contribution is 9.10. The van der Waals surface area contributed by atoms with Gasteiger partial charge in [0.05, 0.1) is 16.4 Å². The highest BCUT2D eigenvalue weighted by Gasteiger charge is 2.13. The minimum Gasteiger partial charge on any atom is -0.508 e. The van der Waals surface area contributed by atoms with E-state index in [0.717, 1.165) is 23.1 Å². The Morgan fingerprint density at radius 2 is 1.84 bits per heavy atom. The Hall–Kier alpha value is -3.59. The van der Waals surface area contributed by atoms with E-state index in [1.165, 1.54) is 12.1 Å². The molecule has 1 amide bonds. The van der Waals surface area contributed by atoms with Crippen LogP contribution in [-0.4, -0.2) is 43.8 Å². The van der Waals surface area contributed by atoms with E-state index in [1.54, 1.807) is 35.0 Å². The fourth-order valence-electron chi connectivity index (χ4n) is 3.31. The van der Waals surface area contributed by atoms with Gasteiger partial charge in [0.1, 0.15) is 17.3 Å². The van der Waals surface area contributed by atoms with Gasteiger partial charge in [-0.2, -0.15) is 9.61 Å². The summed E-state index contributed by atoms with van der Waals surface area (Å²) in [5.41, 5.74) is 2.35. The van der Waals surface area contributed by atoms with Gasteiger partial charge in [0.25, 0.3) is 5.91 Å². The Balaban J connectivity index is 1.37. The van der Waals surface area contributed by atoms with Gasteiger partial charge in [-0.25, -0.2) is 4.98 Å². The van der Waals surface area contributed by atoms with E-state index in [9.17, 15) is 15.0 Å². The van der Waals surface area contributed by atoms with Gasteiger partial charge in [0.15, 0.2) is 5.65 Å². The number of para-hydroxylation sites is 1. The van der Waals surface area contributed by atoms with Crippen LogP contribution in [0.4, 0.5) is 5.82 Å². The van der Waals surface area contributed by atoms with Gasteiger partial charge < -0.3 is 20.8 Å². The Morgan fingerprint density at radius 3 is 2.66 bits per heavy atom. The second kappa shape index (κ2) is 9.69. The highest BCUT2D eigenvalue weighted by atomic mass is 79.9. The molecule has 164 valence electrons. The van der Waals surface area contributed by atoms with Crippen molar-refractivity contribution in [1.29, 1.82) is 0 Å². The van der Waals surface area contributed by atoms with Gasteiger partial charge in [0.2, 0.25) is 0 Å². The molecule has 9 heteroatoms. The van der Waals surface area contributed by atoms with Crippen LogP contribution in [0.1, 0.15) is 23.2 Å². The molecule has 32 heavy (non-hydrogen) atoms. The molecular formula is C23H22BrN5O3. The van der Waals surface area contributed by atoms with Crippen LogP contribution in [-0.2, 0) is 0 Å². The molecule has 4 N–H and O–H groups in total. The van der Waals surface area contributed by atoms with Gasteiger partial charge >= 0.3 is 0 Å². The number of nitrogens with zero attached hydrogens (tertiary/aromatic N) is 3. The summed E-state index contributed by atoms with van der Waals surface area (Å²) in [5.74, 6) is 0.772. The first kappa shape index (κ1) is 21.6. The third kappa shape index (κ3) is 4.83. The van der Waals surface area contributed by atoms with E-state index in [-0.39, 0.29) is 17.4 Å². The standard InChI is InChI=1S/C23H22BrN5O3/c24-18-14-27-29-21(13-19(28-22(18)29)17-8-1-2-9-20(17)31)25-10-3-4-11-26-23(32)15-6-5-7-16(30)12-15/h1-2,5-9,12-14,25,30-31H,3-4,10-11H2,(H,26,32). The summed E-state index contributed by atoms with van der Waals surface area (Å²) in [6.07, 6.45) is 3.28. The molecule has 0 unspecified atom stereocenters. The molecule has 4 aromatic rings. The number of nitrogens with one attached hydrogen (secondary N) is 2. The van der Waals surface area contributed by atoms with Gasteiger partial charge in [-0.05, 0) is 59.1 Å². The number of carbonyl (C=O) groups is 1. The molecule has 0 saturated carbocycles. The van der Waals surface area contributed by atoms with Crippen LogP contribution >= 0.6 is 15.9 Å². The zero-order chi connectivity index (χ0) is 22.5. The molecule has 0 aliphatic carbocycles. The number of aromatic nitrogens is 3. The van der Waals surface area contributed by atoms with E-state index in [0.29, 0.717) is 35.6 Å². The van der Waals surface area contributed by atoms with Crippen molar-refractivity contribution in [2.45, 2.75) is 12.8 Å². The summed E-state index contributed by atoms with van der Waals surface area (Å²) in [6, 6.07) is 15.2. The minimum absolute atomic E-state index is 0.0685. The van der Waals surface area contributed by atoms with Crippen LogP contribution < -0.4 is 10.6 Å². The summed E-state index contributed by atoms with van der Waals surface area (Å²) in [6.45, 7) is 1.19. The normalized spacial score (nSPS) is 10.9. The van der Waals surface area contributed by atoms with Crippen LogP contribution in [0, 0.1) is 0 Å². The number of hydrogen-bond donors (Lipinski definition) is 4. The lowest BCUT2D eigenvalue weighted by atomic mass is 10.1. The predicted molar refractivity (Wildman–Crippen MR) is 126 cm³/mol. The number of amides is 1. The average molecular weight is 496 g/mol. The molecule has 0 saturated heterocycles. The lowest BCUT2D eigenvalue weighted by molar-refractivity contribution is 0.0952. The second-order valence-electron chi connectivity index (χ2n) is 7.21. The lowest BCUT2D eigenvalue weighted by Crippen LogP contribution is -2.24. The summed E-state index contributed by atoms with van der Waals surface area (Å²) >= 11 is 3.47. The molecule has 0 aliphatic rings. The van der Waals surface area contributed by atoms with Gasteiger partial charge in [-0.3, -0.25) is 4.79 Å². The Morgan fingerprint density at radius 1 is 1.03 bits per heavy atom. The van der Waals surface area contributed by atoms with Crippen molar-refractivity contribution in [3.63, 3.8) is 0 Å². The number of benzene rings is 2. The van der Waals surface area contributed by atoms with Crippen LogP contribution in [0.3, 0.4) is 0 Å². The van der Waals surface area contributed by atoms with Crippen LogP contribution in [0.5, 0.6) is 11.5 Å². The van der Waals surface area contributed by atoms with E-state index < -0.39 is 0 Å². The Bertz CT molecular complexity index is 1260. The molecule has 0 radical (unpaired) electrons. The fraction of sp³-hybridized carbons (Fsp3) is 0.174. The molecule has 2 heterocycles. The fourth-order valence-corrected chi connectivity index (χ4v) is 3.66. The van der Waals surface area contributed by atoms with Crippen LogP contribution in [0.15, 0.2) is 65.3 Å². The number of carbonyl (C=O) groups excluding carboxylic acids is 1. The van der Waals surface area contributed by atoms with Crippen molar-refractivity contribution in [2.75, 3.05) is 18.4 Å². The van der Waals surface area contributed by atoms with Crippen molar-refractivity contribution in [1.82, 2.24) is 19.9 Å². The monoisotopic (exact) mass is 495 g/mol. The third-order valence-electron chi connectivity index (χ3n) is 4.91. The Labute approximate surface area is 193 Å². The average Bonchev–Trinajstić information content (AvgIpc) is 3.17. The summed E-state index contributed by atoms with van der Waals surface area (Å²) in [7, 11) is 0. The van der Waals surface area contributed by atoms with Crippen molar-refractivity contribution in [3.8, 4) is 22.8 Å². The van der Waals surface area contributed by atoms with E-state index >= 15 is 0 Å². The molecule has 2 aromatic carbocycles. The third-order valence-corrected chi connectivity index (χ3v) is 5.47. The summed E-state index contributed by atoms with van der Waals surface area (Å²) in [5, 5.41) is 30.3. The summed E-state index contributed by atoms with van der Waals surface area (Å²) < 4.78 is 2.46. The maximum atomic E-state index is 12.1. The minimum atomic E-state index is -0.210. The van der Waals surface area contributed by atoms with E-state index in [2.05, 4.69) is 36.6 Å². The molecule has 0 bridgehead atoms. The van der Waals surface area contributed by atoms with Crippen molar-refractivity contribution < 1.29 is 15.0 Å². The maximum Gasteiger partial charge on any atom is 0.251 e. The highest BCUT2D eigenvalue weighted by Crippen LogP contribution is 2.31. The first-order valence-corrected chi connectivity index (χ1v) is 11.0. The number of hydrogen-bond acceptors (Lipinski definition) is 6. The number of anilines is 1. The number of phenols is 2. The lowest BCUT2D eigenvalue weighted by Gasteiger charge is -2.12. The van der Waals surface area contributed by atoms with Crippen LogP contribution in [0.25, 0.3) is 16.9 Å². The molecular weight excluding hydrogens is 474 g/mol. The molecule has 0 aliphatic heterocycles.